The van der Waals surface area contributed by atoms with Gasteiger partial charge in [-0.3, -0.25) is 57.5 Å². The van der Waals surface area contributed by atoms with Crippen LogP contribution in [-0.4, -0.2) is 205 Å². The summed E-state index contributed by atoms with van der Waals surface area (Å²) in [6, 6.07) is 9.64. The summed E-state index contributed by atoms with van der Waals surface area (Å²) in [5, 5.41) is 22.0. The fourth-order valence-electron chi connectivity index (χ4n) is 7.18. The molecule has 38 nitrogen and oxygen atoms in total. The molecule has 0 atom stereocenters. The lowest BCUT2D eigenvalue weighted by Crippen LogP contribution is -2.44. The number of ketones is 2. The Morgan fingerprint density at radius 1 is 0.277 bits per heavy atom. The average Bonchev–Trinajstić information content (AvgIpc) is 0.898. The Kier molecular flexibility index (Phi) is 48.7. The van der Waals surface area contributed by atoms with Crippen LogP contribution in [-0.2, 0) is 38.1 Å². The van der Waals surface area contributed by atoms with Crippen LogP contribution in [0.3, 0.4) is 0 Å². The number of alkyl carbamates (subject to hydrolysis) is 5. The molecule has 3 aromatic rings. The van der Waals surface area contributed by atoms with Crippen molar-refractivity contribution in [3.8, 4) is 0 Å². The second-order valence-corrected chi connectivity index (χ2v) is 28.9. The van der Waals surface area contributed by atoms with E-state index < -0.39 is 189 Å². The van der Waals surface area contributed by atoms with Gasteiger partial charge in [-0.25, -0.2) is 24.0 Å². The normalized spacial score (nSPS) is 11.1. The number of alkyl halides is 9. The average molecular weight is 1780 g/mol. The Bertz CT molecular complexity index is 3620. The first-order valence-electron chi connectivity index (χ1n) is 34.1. The lowest BCUT2D eigenvalue weighted by Gasteiger charge is -2.20. The van der Waals surface area contributed by atoms with Crippen LogP contribution in [0.25, 0.3) is 0 Å². The Hall–Kier alpha value is -11.3. The quantitative estimate of drug-likeness (QED) is 0.0143. The van der Waals surface area contributed by atoms with Gasteiger partial charge in [-0.05, 0) is 193 Å². The van der Waals surface area contributed by atoms with Crippen LogP contribution in [0.5, 0.6) is 0 Å². The topological polar surface area (TPSA) is 585 Å². The molecule has 3 aromatic carbocycles. The van der Waals surface area contributed by atoms with E-state index in [0.29, 0.717) is 0 Å². The first-order chi connectivity index (χ1) is 54.1. The predicted molar refractivity (Wildman–Crippen MR) is 408 cm³/mol. The number of amides is 12. The highest BCUT2D eigenvalue weighted by atomic mass is 35.5. The standard InChI is InChI=1S/C28H43N5O9.C19H16F9N5O6.C9H3Cl3O3.2C6H14N2O2.CH6N2/c1-26(2,3)40-23(37)29-11-10-20(34)17-12-18(21(35)30-15-32-24(38)41-27(4,5)6)14-19(13-17)22(36)31-16-33-25(39)42-28(7,8)9;20-17(21,22)14(37)29-2-1-11(34)8-3-9(12(35)30-6-32-15(38)18(23,24)25)5-10(4-8)13(36)31-7-33-16(39)19(26,27)28;10-7(13)4-1-5(8(11)14)3-6(2-4)9(12)15;2*1-6(2,3)10-5(9)8-4-7;2-1-3/h12-14H,10-11,15-16H2,1-9H3,(H,29,37)(H,30,35)(H,31,36)(H,32,38)(H,33,39);3-5H,1-2,6-7H2,(H,29,37)(H,30,35)(H,31,36)(H,32,38)(H,33,39);1-3H;2*4,7H2,1-3H3,(H,8,9);1-3H2. The van der Waals surface area contributed by atoms with Gasteiger partial charge in [0.25, 0.3) is 39.4 Å². The minimum Gasteiger partial charge on any atom is -0.444 e. The zero-order valence-corrected chi connectivity index (χ0v) is 69.1. The summed E-state index contributed by atoms with van der Waals surface area (Å²) in [7, 11) is 0. The van der Waals surface area contributed by atoms with E-state index in [4.69, 9.17) is 70.0 Å². The molecule has 12 amide bonds. The predicted octanol–water partition coefficient (Wildman–Crippen LogP) is 6.42. The molecule has 0 spiro atoms. The van der Waals surface area contributed by atoms with Gasteiger partial charge >= 0.3 is 66.7 Å². The maximum Gasteiger partial charge on any atom is 0.471 e. The molecule has 0 unspecified atom stereocenters. The zero-order chi connectivity index (χ0) is 93.2. The summed E-state index contributed by atoms with van der Waals surface area (Å²) in [4.78, 5) is 197. The van der Waals surface area contributed by atoms with E-state index in [9.17, 15) is 121 Å². The van der Waals surface area contributed by atoms with Crippen molar-refractivity contribution in [2.24, 2.45) is 22.9 Å². The summed E-state index contributed by atoms with van der Waals surface area (Å²) >= 11 is 15.6. The number of hydrogen-bond acceptors (Lipinski definition) is 26. The van der Waals surface area contributed by atoms with E-state index in [0.717, 1.165) is 18.2 Å². The van der Waals surface area contributed by atoms with Crippen LogP contribution >= 0.6 is 34.8 Å². The third-order valence-corrected chi connectivity index (χ3v) is 12.3. The van der Waals surface area contributed by atoms with E-state index in [1.165, 1.54) is 52.3 Å². The van der Waals surface area contributed by atoms with Crippen LogP contribution in [0.1, 0.15) is 210 Å². The summed E-state index contributed by atoms with van der Waals surface area (Å²) in [6.07, 6.45) is -19.9. The van der Waals surface area contributed by atoms with Gasteiger partial charge in [0.05, 0.1) is 40.0 Å². The zero-order valence-electron chi connectivity index (χ0n) is 66.8. The van der Waals surface area contributed by atoms with Gasteiger partial charge in [0.2, 0.25) is 0 Å². The van der Waals surface area contributed by atoms with Crippen molar-refractivity contribution in [3.63, 3.8) is 0 Å². The van der Waals surface area contributed by atoms with Crippen molar-refractivity contribution in [2.45, 2.75) is 163 Å². The highest BCUT2D eigenvalue weighted by Gasteiger charge is 2.40. The Balaban J connectivity index is -0.00000158. The van der Waals surface area contributed by atoms with Crippen molar-refractivity contribution in [1.29, 1.82) is 0 Å². The highest BCUT2D eigenvalue weighted by molar-refractivity contribution is 6.70. The van der Waals surface area contributed by atoms with Gasteiger partial charge in [0.15, 0.2) is 11.6 Å². The molecular weight excluding hydrogens is 1680 g/mol. The molecule has 0 bridgehead atoms. The smallest absolute Gasteiger partial charge is 0.444 e. The first kappa shape index (κ1) is 112. The minimum atomic E-state index is -5.29. The van der Waals surface area contributed by atoms with Crippen LogP contribution in [0.2, 0.25) is 0 Å². The van der Waals surface area contributed by atoms with Crippen LogP contribution in [0.15, 0.2) is 54.6 Å². The molecule has 20 N–H and O–H groups in total. The molecule has 0 radical (unpaired) electrons. The number of hydrogen-bond donors (Lipinski definition) is 16. The van der Waals surface area contributed by atoms with Gasteiger partial charge < -0.3 is 110 Å². The second kappa shape index (κ2) is 51.8. The van der Waals surface area contributed by atoms with Crippen molar-refractivity contribution >= 4 is 134 Å². The van der Waals surface area contributed by atoms with E-state index in [1.54, 1.807) is 114 Å². The molecule has 3 rings (SSSR count). The van der Waals surface area contributed by atoms with E-state index >= 15 is 0 Å². The Labute approximate surface area is 690 Å². The molecule has 0 saturated heterocycles. The van der Waals surface area contributed by atoms with Crippen molar-refractivity contribution in [2.75, 3.05) is 59.8 Å². The molecule has 0 heterocycles. The van der Waals surface area contributed by atoms with Crippen LogP contribution < -0.4 is 86.7 Å². The third kappa shape index (κ3) is 55.1. The fourth-order valence-corrected chi connectivity index (χ4v) is 7.50. The SMILES string of the molecule is CC(C)(C)OC(=O)NCCC(=O)c1cc(C(=O)NCNC(=O)OC(C)(C)C)cc(C(=O)NCNC(=O)OC(C)(C)C)c1.CC(C)(C)OC(=O)NCN.CC(C)(C)OC(=O)NCN.NCN.O=C(CCNC(=O)C(F)(F)F)c1cc(C(=O)NCNC(=O)C(F)(F)F)cc(C(=O)NCNC(=O)C(F)(F)F)c1.O=C(Cl)c1cc(C(=O)Cl)cc(C(=O)Cl)c1. The number of rotatable bonds is 25. The number of benzene rings is 3. The van der Waals surface area contributed by atoms with E-state index in [1.807, 2.05) is 0 Å². The monoisotopic (exact) mass is 1780 g/mol. The molecule has 668 valence electrons. The summed E-state index contributed by atoms with van der Waals surface area (Å²) < 4.78 is 135. The number of Topliss-reactive ketones (excluding diaryl/α,β-unsaturated/α-hetero) is 2. The highest BCUT2D eigenvalue weighted by Crippen LogP contribution is 2.21. The summed E-state index contributed by atoms with van der Waals surface area (Å²) in [5.74, 6) is -12.6. The molecule has 0 aliphatic rings. The fraction of sp³-hybridized carbons (Fsp3) is 0.493. The number of carbonyl (C=O) groups excluding carboxylic acids is 17. The number of nitrogens with one attached hydrogen (secondary N) is 12. The number of ether oxygens (including phenoxy) is 5. The second-order valence-electron chi connectivity index (χ2n) is 27.8. The Morgan fingerprint density at radius 3 is 0.672 bits per heavy atom. The van der Waals surface area contributed by atoms with Gasteiger partial charge in [0.1, 0.15) is 28.0 Å². The molecule has 0 aliphatic heterocycles. The largest absolute Gasteiger partial charge is 0.471 e. The molecule has 50 heteroatoms. The molecular formula is C69H96Cl3F9N16O22. The molecule has 0 saturated carbocycles. The first-order valence-corrected chi connectivity index (χ1v) is 35.2. The number of nitrogens with two attached hydrogens (primary N) is 4. The minimum absolute atomic E-state index is 0.00725. The van der Waals surface area contributed by atoms with Gasteiger partial charge in [-0.1, -0.05) is 0 Å². The molecule has 0 fully saturated rings. The van der Waals surface area contributed by atoms with Crippen molar-refractivity contribution in [1.82, 2.24) is 63.8 Å². The lowest BCUT2D eigenvalue weighted by atomic mass is 10.00. The third-order valence-electron chi connectivity index (χ3n) is 11.7. The van der Waals surface area contributed by atoms with Crippen molar-refractivity contribution in [3.05, 3.63) is 105 Å². The maximum absolute atomic E-state index is 12.9. The number of carbonyl (C=O) groups is 17. The van der Waals surface area contributed by atoms with Crippen LogP contribution in [0, 0.1) is 0 Å². The van der Waals surface area contributed by atoms with Crippen LogP contribution in [0.4, 0.5) is 63.5 Å². The summed E-state index contributed by atoms with van der Waals surface area (Å²) in [5.41, 5.74) is 14.4. The van der Waals surface area contributed by atoms with Gasteiger partial charge in [-0.2, -0.15) is 39.5 Å². The summed E-state index contributed by atoms with van der Waals surface area (Å²) in [6.45, 7) is 22.8. The van der Waals surface area contributed by atoms with E-state index in [-0.39, 0.29) is 79.7 Å². The molecule has 0 aliphatic carbocycles. The molecule has 119 heavy (non-hydrogen) atoms. The van der Waals surface area contributed by atoms with Gasteiger partial charge in [0, 0.05) is 82.7 Å². The Morgan fingerprint density at radius 2 is 0.462 bits per heavy atom. The van der Waals surface area contributed by atoms with Gasteiger partial charge in [-0.15, -0.1) is 0 Å². The van der Waals surface area contributed by atoms with E-state index in [2.05, 4.69) is 48.7 Å². The maximum atomic E-state index is 12.9. The lowest BCUT2D eigenvalue weighted by molar-refractivity contribution is -0.173. The number of halogens is 12. The molecule has 0 aromatic heterocycles. The van der Waals surface area contributed by atoms with Crippen molar-refractivity contribution < 1.29 is 145 Å².